The molecule has 98 valence electrons. The number of carboxylic acid groups (broad SMARTS) is 1. The number of nitrogens with one attached hydrogen (secondary N) is 1. The number of hydrogen-bond acceptors (Lipinski definition) is 3. The zero-order valence-electron chi connectivity index (χ0n) is 10.7. The first-order valence-electron chi connectivity index (χ1n) is 6.41. The molecule has 1 aliphatic rings. The van der Waals surface area contributed by atoms with Crippen LogP contribution in [0.1, 0.15) is 13.3 Å². The first kappa shape index (κ1) is 12.9. The molecule has 0 aromatic heterocycles. The summed E-state index contributed by atoms with van der Waals surface area (Å²) in [6.45, 7) is 4.76. The Kier molecular flexibility index (Phi) is 4.20. The summed E-state index contributed by atoms with van der Waals surface area (Å²) < 4.78 is 0. The van der Waals surface area contributed by atoms with E-state index in [1.54, 1.807) is 0 Å². The van der Waals surface area contributed by atoms with Crippen molar-refractivity contribution in [3.05, 3.63) is 30.3 Å². The summed E-state index contributed by atoms with van der Waals surface area (Å²) in [5, 5.41) is 12.4. The van der Waals surface area contributed by atoms with Crippen molar-refractivity contribution in [2.75, 3.05) is 24.5 Å². The SMILES string of the molecule is CC1CNCC(CC(=O)O)N(c2ccccc2)C1. The third-order valence-electron chi connectivity index (χ3n) is 3.32. The molecule has 4 heteroatoms. The van der Waals surface area contributed by atoms with Crippen molar-refractivity contribution in [3.63, 3.8) is 0 Å². The fourth-order valence-electron chi connectivity index (χ4n) is 2.48. The molecule has 1 fully saturated rings. The third-order valence-corrected chi connectivity index (χ3v) is 3.32. The highest BCUT2D eigenvalue weighted by Crippen LogP contribution is 2.21. The molecule has 1 aromatic carbocycles. The molecule has 0 amide bonds. The quantitative estimate of drug-likeness (QED) is 0.852. The number of para-hydroxylation sites is 1. The van der Waals surface area contributed by atoms with Crippen molar-refractivity contribution in [2.45, 2.75) is 19.4 Å². The molecular weight excluding hydrogens is 228 g/mol. The molecule has 1 aliphatic heterocycles. The lowest BCUT2D eigenvalue weighted by atomic mass is 10.1. The van der Waals surface area contributed by atoms with Crippen molar-refractivity contribution in [2.24, 2.45) is 5.92 Å². The largest absolute Gasteiger partial charge is 0.481 e. The third kappa shape index (κ3) is 3.23. The monoisotopic (exact) mass is 248 g/mol. The minimum Gasteiger partial charge on any atom is -0.481 e. The van der Waals surface area contributed by atoms with E-state index >= 15 is 0 Å². The number of carbonyl (C=O) groups is 1. The normalized spacial score (nSPS) is 24.6. The standard InChI is InChI=1S/C14H20N2O2/c1-11-8-15-9-13(7-14(17)18)16(10-11)12-5-3-2-4-6-12/h2-6,11,13,15H,7-10H2,1H3,(H,17,18). The van der Waals surface area contributed by atoms with Gasteiger partial charge in [-0.3, -0.25) is 4.79 Å². The van der Waals surface area contributed by atoms with Gasteiger partial charge in [-0.25, -0.2) is 0 Å². The summed E-state index contributed by atoms with van der Waals surface area (Å²) in [4.78, 5) is 13.2. The number of benzene rings is 1. The van der Waals surface area contributed by atoms with Gasteiger partial charge in [0.2, 0.25) is 0 Å². The van der Waals surface area contributed by atoms with E-state index in [0.717, 1.165) is 25.3 Å². The molecule has 0 spiro atoms. The predicted molar refractivity (Wildman–Crippen MR) is 71.9 cm³/mol. The number of hydrogen-bond donors (Lipinski definition) is 2. The van der Waals surface area contributed by atoms with Gasteiger partial charge in [-0.2, -0.15) is 0 Å². The Labute approximate surface area is 108 Å². The molecule has 4 nitrogen and oxygen atoms in total. The van der Waals surface area contributed by atoms with E-state index in [9.17, 15) is 4.79 Å². The molecule has 2 unspecified atom stereocenters. The van der Waals surface area contributed by atoms with Crippen molar-refractivity contribution in [3.8, 4) is 0 Å². The highest BCUT2D eigenvalue weighted by molar-refractivity contribution is 5.68. The summed E-state index contributed by atoms with van der Waals surface area (Å²) >= 11 is 0. The van der Waals surface area contributed by atoms with Crippen LogP contribution in [-0.4, -0.2) is 36.8 Å². The number of anilines is 1. The Hall–Kier alpha value is -1.55. The van der Waals surface area contributed by atoms with Gasteiger partial charge in [0.05, 0.1) is 12.5 Å². The van der Waals surface area contributed by atoms with Gasteiger partial charge >= 0.3 is 5.97 Å². The minimum absolute atomic E-state index is 0.0230. The van der Waals surface area contributed by atoms with Crippen molar-refractivity contribution in [1.29, 1.82) is 0 Å². The van der Waals surface area contributed by atoms with Crippen LogP contribution >= 0.6 is 0 Å². The first-order chi connectivity index (χ1) is 8.66. The van der Waals surface area contributed by atoms with Crippen molar-refractivity contribution in [1.82, 2.24) is 5.32 Å². The minimum atomic E-state index is -0.739. The Bertz CT molecular complexity index is 394. The van der Waals surface area contributed by atoms with Gasteiger partial charge < -0.3 is 15.3 Å². The average Bonchev–Trinajstić information content (AvgIpc) is 2.52. The number of nitrogens with zero attached hydrogens (tertiary/aromatic N) is 1. The zero-order chi connectivity index (χ0) is 13.0. The van der Waals surface area contributed by atoms with Gasteiger partial charge in [0.15, 0.2) is 0 Å². The summed E-state index contributed by atoms with van der Waals surface area (Å²) in [6, 6.07) is 10.1. The smallest absolute Gasteiger partial charge is 0.305 e. The van der Waals surface area contributed by atoms with Gasteiger partial charge in [-0.05, 0) is 24.6 Å². The average molecular weight is 248 g/mol. The van der Waals surface area contributed by atoms with Crippen LogP contribution < -0.4 is 10.2 Å². The Morgan fingerprint density at radius 2 is 2.11 bits per heavy atom. The topological polar surface area (TPSA) is 52.6 Å². The van der Waals surface area contributed by atoms with Crippen LogP contribution in [0.5, 0.6) is 0 Å². The van der Waals surface area contributed by atoms with Crippen LogP contribution in [-0.2, 0) is 4.79 Å². The molecule has 18 heavy (non-hydrogen) atoms. The maximum Gasteiger partial charge on any atom is 0.305 e. The maximum absolute atomic E-state index is 11.0. The molecule has 0 radical (unpaired) electrons. The van der Waals surface area contributed by atoms with E-state index in [1.807, 2.05) is 30.3 Å². The predicted octanol–water partition coefficient (Wildman–Crippen LogP) is 1.58. The lowest BCUT2D eigenvalue weighted by Gasteiger charge is -2.32. The number of aliphatic carboxylic acids is 1. The van der Waals surface area contributed by atoms with Gasteiger partial charge in [0.1, 0.15) is 0 Å². The van der Waals surface area contributed by atoms with Gasteiger partial charge in [0.25, 0.3) is 0 Å². The van der Waals surface area contributed by atoms with Gasteiger partial charge in [-0.1, -0.05) is 25.1 Å². The van der Waals surface area contributed by atoms with Crippen LogP contribution in [0.25, 0.3) is 0 Å². The fourth-order valence-corrected chi connectivity index (χ4v) is 2.48. The molecule has 0 bridgehead atoms. The first-order valence-corrected chi connectivity index (χ1v) is 6.41. The molecule has 1 saturated heterocycles. The zero-order valence-corrected chi connectivity index (χ0v) is 10.7. The van der Waals surface area contributed by atoms with Crippen LogP contribution in [0.4, 0.5) is 5.69 Å². The fraction of sp³-hybridized carbons (Fsp3) is 0.500. The molecular formula is C14H20N2O2. The molecule has 0 aliphatic carbocycles. The number of rotatable bonds is 3. The highest BCUT2D eigenvalue weighted by Gasteiger charge is 2.25. The van der Waals surface area contributed by atoms with Gasteiger partial charge in [0, 0.05) is 18.8 Å². The molecule has 1 heterocycles. The second kappa shape index (κ2) is 5.87. The molecule has 1 aromatic rings. The van der Waals surface area contributed by atoms with E-state index in [0.29, 0.717) is 5.92 Å². The molecule has 0 saturated carbocycles. The lowest BCUT2D eigenvalue weighted by Crippen LogP contribution is -2.41. The van der Waals surface area contributed by atoms with Crippen molar-refractivity contribution < 1.29 is 9.90 Å². The molecule has 2 atom stereocenters. The van der Waals surface area contributed by atoms with Crippen molar-refractivity contribution >= 4 is 11.7 Å². The summed E-state index contributed by atoms with van der Waals surface area (Å²) in [5.74, 6) is -0.221. The van der Waals surface area contributed by atoms with Crippen LogP contribution in [0.15, 0.2) is 30.3 Å². The Morgan fingerprint density at radius 3 is 2.78 bits per heavy atom. The van der Waals surface area contributed by atoms with E-state index < -0.39 is 5.97 Å². The summed E-state index contributed by atoms with van der Waals surface area (Å²) in [5.41, 5.74) is 1.11. The van der Waals surface area contributed by atoms with Crippen LogP contribution in [0.3, 0.4) is 0 Å². The summed E-state index contributed by atoms with van der Waals surface area (Å²) in [7, 11) is 0. The second-order valence-electron chi connectivity index (χ2n) is 5.00. The van der Waals surface area contributed by atoms with E-state index in [1.165, 1.54) is 0 Å². The molecule has 2 rings (SSSR count). The second-order valence-corrected chi connectivity index (χ2v) is 5.00. The Balaban J connectivity index is 2.21. The number of carboxylic acids is 1. The lowest BCUT2D eigenvalue weighted by molar-refractivity contribution is -0.137. The van der Waals surface area contributed by atoms with E-state index in [4.69, 9.17) is 5.11 Å². The van der Waals surface area contributed by atoms with E-state index in [2.05, 4.69) is 17.1 Å². The van der Waals surface area contributed by atoms with Crippen LogP contribution in [0.2, 0.25) is 0 Å². The highest BCUT2D eigenvalue weighted by atomic mass is 16.4. The summed E-state index contributed by atoms with van der Waals surface area (Å²) in [6.07, 6.45) is 0.175. The Morgan fingerprint density at radius 1 is 1.39 bits per heavy atom. The maximum atomic E-state index is 11.0. The molecule has 2 N–H and O–H groups in total. The van der Waals surface area contributed by atoms with Crippen LogP contribution in [0, 0.1) is 5.92 Å². The van der Waals surface area contributed by atoms with Gasteiger partial charge in [-0.15, -0.1) is 0 Å². The van der Waals surface area contributed by atoms with E-state index in [-0.39, 0.29) is 12.5 Å².